The summed E-state index contributed by atoms with van der Waals surface area (Å²) in [4.78, 5) is 4.52. The van der Waals surface area contributed by atoms with Crippen LogP contribution < -0.4 is 5.73 Å². The van der Waals surface area contributed by atoms with E-state index in [2.05, 4.69) is 32.3 Å². The van der Waals surface area contributed by atoms with Crippen LogP contribution in [0.1, 0.15) is 59.8 Å². The van der Waals surface area contributed by atoms with Crippen molar-refractivity contribution in [3.05, 3.63) is 24.0 Å². The van der Waals surface area contributed by atoms with E-state index in [0.717, 1.165) is 5.57 Å². The van der Waals surface area contributed by atoms with Crippen molar-refractivity contribution in [2.24, 2.45) is 16.6 Å². The zero-order valence-corrected chi connectivity index (χ0v) is 11.9. The first-order valence-electron chi connectivity index (χ1n) is 6.70. The van der Waals surface area contributed by atoms with E-state index in [-0.39, 0.29) is 0 Å². The Bertz CT molecular complexity index is 287. The summed E-state index contributed by atoms with van der Waals surface area (Å²) in [5.74, 6) is 1.19. The molecule has 0 aliphatic carbocycles. The molecule has 98 valence electrons. The van der Waals surface area contributed by atoms with Crippen LogP contribution in [-0.4, -0.2) is 5.71 Å². The summed E-state index contributed by atoms with van der Waals surface area (Å²) < 4.78 is 0. The Morgan fingerprint density at radius 3 is 2.35 bits per heavy atom. The molecule has 0 spiro atoms. The molecule has 0 aromatic carbocycles. The highest BCUT2D eigenvalue weighted by Crippen LogP contribution is 2.18. The minimum atomic E-state index is 0.580. The molecular formula is C15H28N2. The molecule has 2 N–H and O–H groups in total. The van der Waals surface area contributed by atoms with E-state index in [4.69, 9.17) is 5.73 Å². The van der Waals surface area contributed by atoms with Gasteiger partial charge in [-0.05, 0) is 38.2 Å². The zero-order valence-electron chi connectivity index (χ0n) is 11.9. The summed E-state index contributed by atoms with van der Waals surface area (Å²) in [7, 11) is 0. The fourth-order valence-corrected chi connectivity index (χ4v) is 1.84. The number of nitrogens with two attached hydrogens (primary N) is 1. The van der Waals surface area contributed by atoms with Crippen molar-refractivity contribution in [3.63, 3.8) is 0 Å². The summed E-state index contributed by atoms with van der Waals surface area (Å²) in [6.45, 7) is 12.2. The second-order valence-corrected chi connectivity index (χ2v) is 4.65. The van der Waals surface area contributed by atoms with Gasteiger partial charge in [-0.1, -0.05) is 45.8 Å². The van der Waals surface area contributed by atoms with Crippen molar-refractivity contribution in [2.75, 3.05) is 0 Å². The SMILES string of the molecule is C=C/C(C)=C(\N)N=C(C)C(CCC)CCCC. The number of nitrogens with zero attached hydrogens (tertiary/aromatic N) is 1. The Morgan fingerprint density at radius 2 is 1.88 bits per heavy atom. The predicted octanol–water partition coefficient (Wildman–Crippen LogP) is 4.43. The molecule has 0 rings (SSSR count). The average molecular weight is 236 g/mol. The van der Waals surface area contributed by atoms with E-state index in [1.165, 1.54) is 37.8 Å². The topological polar surface area (TPSA) is 38.4 Å². The molecule has 0 aliphatic heterocycles. The number of allylic oxidation sites excluding steroid dienone is 2. The number of aliphatic imine (C=N–C) groups is 1. The van der Waals surface area contributed by atoms with Crippen molar-refractivity contribution >= 4 is 5.71 Å². The fraction of sp³-hybridized carbons (Fsp3) is 0.667. The van der Waals surface area contributed by atoms with Gasteiger partial charge in [-0.25, -0.2) is 4.99 Å². The monoisotopic (exact) mass is 236 g/mol. The number of rotatable bonds is 8. The first-order valence-corrected chi connectivity index (χ1v) is 6.70. The van der Waals surface area contributed by atoms with Crippen molar-refractivity contribution in [2.45, 2.75) is 59.8 Å². The highest BCUT2D eigenvalue weighted by atomic mass is 14.9. The quantitative estimate of drug-likeness (QED) is 0.491. The Hall–Kier alpha value is -1.05. The third-order valence-corrected chi connectivity index (χ3v) is 3.14. The van der Waals surface area contributed by atoms with Gasteiger partial charge in [0, 0.05) is 5.71 Å². The highest BCUT2D eigenvalue weighted by molar-refractivity contribution is 5.85. The molecule has 0 heterocycles. The Morgan fingerprint density at radius 1 is 1.24 bits per heavy atom. The molecule has 0 saturated carbocycles. The third-order valence-electron chi connectivity index (χ3n) is 3.14. The molecule has 0 saturated heterocycles. The van der Waals surface area contributed by atoms with Gasteiger partial charge in [0.25, 0.3) is 0 Å². The van der Waals surface area contributed by atoms with Crippen LogP contribution in [0.4, 0.5) is 0 Å². The van der Waals surface area contributed by atoms with E-state index in [1.54, 1.807) is 6.08 Å². The summed E-state index contributed by atoms with van der Waals surface area (Å²) in [5.41, 5.74) is 8.03. The van der Waals surface area contributed by atoms with Crippen molar-refractivity contribution in [1.82, 2.24) is 0 Å². The van der Waals surface area contributed by atoms with Gasteiger partial charge in [-0.15, -0.1) is 0 Å². The van der Waals surface area contributed by atoms with Crippen molar-refractivity contribution in [3.8, 4) is 0 Å². The van der Waals surface area contributed by atoms with Crippen LogP contribution in [0.25, 0.3) is 0 Å². The Kier molecular flexibility index (Phi) is 8.47. The van der Waals surface area contributed by atoms with Gasteiger partial charge in [-0.2, -0.15) is 0 Å². The summed E-state index contributed by atoms with van der Waals surface area (Å²) >= 11 is 0. The van der Waals surface area contributed by atoms with E-state index in [0.29, 0.717) is 11.7 Å². The van der Waals surface area contributed by atoms with Crippen LogP contribution in [0.5, 0.6) is 0 Å². The van der Waals surface area contributed by atoms with Crippen LogP contribution in [0.2, 0.25) is 0 Å². The molecule has 17 heavy (non-hydrogen) atoms. The molecule has 1 unspecified atom stereocenters. The van der Waals surface area contributed by atoms with Gasteiger partial charge < -0.3 is 5.73 Å². The number of unbranched alkanes of at least 4 members (excludes halogenated alkanes) is 1. The lowest BCUT2D eigenvalue weighted by Gasteiger charge is -2.16. The maximum absolute atomic E-state index is 5.91. The third kappa shape index (κ3) is 6.30. The molecule has 0 aromatic rings. The van der Waals surface area contributed by atoms with Crippen LogP contribution in [-0.2, 0) is 0 Å². The lowest BCUT2D eigenvalue weighted by atomic mass is 9.93. The number of hydrogen-bond acceptors (Lipinski definition) is 2. The number of hydrogen-bond donors (Lipinski definition) is 1. The Labute approximate surface area is 107 Å². The fourth-order valence-electron chi connectivity index (χ4n) is 1.84. The van der Waals surface area contributed by atoms with Crippen LogP contribution in [0.3, 0.4) is 0 Å². The molecule has 0 radical (unpaired) electrons. The first kappa shape index (κ1) is 16.0. The maximum Gasteiger partial charge on any atom is 0.126 e. The Balaban J connectivity index is 4.74. The van der Waals surface area contributed by atoms with Gasteiger partial charge in [-0.3, -0.25) is 0 Å². The highest BCUT2D eigenvalue weighted by Gasteiger charge is 2.11. The molecule has 0 fully saturated rings. The summed E-state index contributed by atoms with van der Waals surface area (Å²) in [6.07, 6.45) is 7.89. The zero-order chi connectivity index (χ0) is 13.3. The average Bonchev–Trinajstić information content (AvgIpc) is 2.32. The van der Waals surface area contributed by atoms with Gasteiger partial charge in [0.15, 0.2) is 0 Å². The minimum absolute atomic E-state index is 0.580. The maximum atomic E-state index is 5.91. The molecule has 0 amide bonds. The van der Waals surface area contributed by atoms with Gasteiger partial charge in [0.2, 0.25) is 0 Å². The van der Waals surface area contributed by atoms with Gasteiger partial charge in [0.05, 0.1) is 0 Å². The minimum Gasteiger partial charge on any atom is -0.383 e. The van der Waals surface area contributed by atoms with Crippen molar-refractivity contribution < 1.29 is 0 Å². The largest absolute Gasteiger partial charge is 0.383 e. The molecular weight excluding hydrogens is 208 g/mol. The smallest absolute Gasteiger partial charge is 0.126 e. The van der Waals surface area contributed by atoms with Gasteiger partial charge >= 0.3 is 0 Å². The second-order valence-electron chi connectivity index (χ2n) is 4.65. The van der Waals surface area contributed by atoms with E-state index < -0.39 is 0 Å². The van der Waals surface area contributed by atoms with E-state index in [1.807, 2.05) is 6.92 Å². The second kappa shape index (κ2) is 9.03. The van der Waals surface area contributed by atoms with Crippen LogP contribution in [0, 0.1) is 5.92 Å². The molecule has 2 nitrogen and oxygen atoms in total. The van der Waals surface area contributed by atoms with E-state index >= 15 is 0 Å². The van der Waals surface area contributed by atoms with E-state index in [9.17, 15) is 0 Å². The molecule has 2 heteroatoms. The van der Waals surface area contributed by atoms with Crippen LogP contribution >= 0.6 is 0 Å². The first-order chi connectivity index (χ1) is 8.06. The van der Waals surface area contributed by atoms with Crippen LogP contribution in [0.15, 0.2) is 29.0 Å². The molecule has 0 aliphatic rings. The lowest BCUT2D eigenvalue weighted by Crippen LogP contribution is -2.13. The normalized spacial score (nSPS) is 15.4. The van der Waals surface area contributed by atoms with Crippen molar-refractivity contribution in [1.29, 1.82) is 0 Å². The van der Waals surface area contributed by atoms with Gasteiger partial charge in [0.1, 0.15) is 5.82 Å². The predicted molar refractivity (Wildman–Crippen MR) is 78.1 cm³/mol. The lowest BCUT2D eigenvalue weighted by molar-refractivity contribution is 0.536. The summed E-state index contributed by atoms with van der Waals surface area (Å²) in [6, 6.07) is 0. The molecule has 0 aromatic heterocycles. The summed E-state index contributed by atoms with van der Waals surface area (Å²) in [5, 5.41) is 0. The molecule has 1 atom stereocenters. The molecule has 0 bridgehead atoms. The standard InChI is InChI=1S/C15H28N2/c1-6-9-11-14(10-7-2)13(5)17-15(16)12(4)8-3/h8,14H,3,6-7,9-11,16H2,1-2,4-5H3/b15-12+,17-13?.